The lowest BCUT2D eigenvalue weighted by molar-refractivity contribution is 1.64. The van der Waals surface area contributed by atoms with Crippen LogP contribution in [0.1, 0.15) is 0 Å². The fourth-order valence-corrected chi connectivity index (χ4v) is 10.5. The van der Waals surface area contributed by atoms with E-state index in [1.54, 1.807) is 0 Å². The van der Waals surface area contributed by atoms with E-state index in [9.17, 15) is 0 Å². The molecule has 13 aromatic carbocycles. The monoisotopic (exact) mass is 730 g/mol. The minimum Gasteiger partial charge on any atom is -0.0622 e. The van der Waals surface area contributed by atoms with Crippen molar-refractivity contribution in [3.63, 3.8) is 0 Å². The lowest BCUT2D eigenvalue weighted by Crippen LogP contribution is -1.91. The lowest BCUT2D eigenvalue weighted by Gasteiger charge is -2.19. The third-order valence-corrected chi connectivity index (χ3v) is 13.0. The van der Waals surface area contributed by atoms with E-state index in [4.69, 9.17) is 0 Å². The molecule has 0 fully saturated rings. The highest BCUT2D eigenvalue weighted by atomic mass is 14.2. The van der Waals surface area contributed by atoms with Crippen molar-refractivity contribution >= 4 is 86.2 Å². The molecular formula is C58H34. The van der Waals surface area contributed by atoms with Gasteiger partial charge in [0.1, 0.15) is 0 Å². The highest BCUT2D eigenvalue weighted by molar-refractivity contribution is 6.36. The fraction of sp³-hybridized carbons (Fsp3) is 0. The van der Waals surface area contributed by atoms with Gasteiger partial charge in [-0.1, -0.05) is 206 Å². The molecule has 13 rings (SSSR count). The Hall–Kier alpha value is -7.54. The van der Waals surface area contributed by atoms with E-state index in [1.807, 2.05) is 0 Å². The third-order valence-electron chi connectivity index (χ3n) is 13.0. The van der Waals surface area contributed by atoms with E-state index in [-0.39, 0.29) is 0 Å². The predicted octanol–water partition coefficient (Wildman–Crippen LogP) is 16.5. The minimum atomic E-state index is 1.23. The highest BCUT2D eigenvalue weighted by Crippen LogP contribution is 2.47. The van der Waals surface area contributed by atoms with E-state index < -0.39 is 0 Å². The van der Waals surface area contributed by atoms with Crippen LogP contribution in [-0.4, -0.2) is 0 Å². The van der Waals surface area contributed by atoms with Gasteiger partial charge in [0.25, 0.3) is 0 Å². The van der Waals surface area contributed by atoms with Crippen molar-refractivity contribution in [3.05, 3.63) is 206 Å². The van der Waals surface area contributed by atoms with Gasteiger partial charge in [0.05, 0.1) is 0 Å². The van der Waals surface area contributed by atoms with Gasteiger partial charge in [-0.15, -0.1) is 0 Å². The maximum absolute atomic E-state index is 2.36. The normalized spacial score (nSPS) is 12.1. The summed E-state index contributed by atoms with van der Waals surface area (Å²) < 4.78 is 0. The zero-order valence-electron chi connectivity index (χ0n) is 31.6. The van der Waals surface area contributed by atoms with Crippen molar-refractivity contribution in [2.75, 3.05) is 0 Å². The second-order valence-electron chi connectivity index (χ2n) is 15.9. The summed E-state index contributed by atoms with van der Waals surface area (Å²) in [5.41, 5.74) is 10.1. The molecule has 13 aromatic rings. The summed E-state index contributed by atoms with van der Waals surface area (Å²) >= 11 is 0. The molecule has 0 aliphatic rings. The van der Waals surface area contributed by atoms with Crippen molar-refractivity contribution < 1.29 is 0 Å². The van der Waals surface area contributed by atoms with Crippen molar-refractivity contribution in [1.29, 1.82) is 0 Å². The highest BCUT2D eigenvalue weighted by Gasteiger charge is 2.19. The summed E-state index contributed by atoms with van der Waals surface area (Å²) in [6.45, 7) is 0. The van der Waals surface area contributed by atoms with Crippen LogP contribution >= 0.6 is 0 Å². The molecule has 0 heteroatoms. The van der Waals surface area contributed by atoms with Crippen LogP contribution in [0.25, 0.3) is 131 Å². The molecular weight excluding hydrogens is 697 g/mol. The lowest BCUT2D eigenvalue weighted by atomic mass is 9.84. The minimum absolute atomic E-state index is 1.23. The Morgan fingerprint density at radius 3 is 0.638 bits per heavy atom. The van der Waals surface area contributed by atoms with Crippen LogP contribution in [0.3, 0.4) is 0 Å². The summed E-state index contributed by atoms with van der Waals surface area (Å²) in [7, 11) is 0. The Morgan fingerprint density at radius 1 is 0.138 bits per heavy atom. The summed E-state index contributed by atoms with van der Waals surface area (Å²) in [6.07, 6.45) is 0. The van der Waals surface area contributed by atoms with Crippen LogP contribution in [0.4, 0.5) is 0 Å². The quantitative estimate of drug-likeness (QED) is 0.125. The molecule has 58 heavy (non-hydrogen) atoms. The van der Waals surface area contributed by atoms with Crippen molar-refractivity contribution in [3.8, 4) is 44.5 Å². The first-order chi connectivity index (χ1) is 28.8. The second kappa shape index (κ2) is 12.0. The molecule has 0 saturated heterocycles. The van der Waals surface area contributed by atoms with Crippen LogP contribution in [0.5, 0.6) is 0 Å². The van der Waals surface area contributed by atoms with Gasteiger partial charge in [0.2, 0.25) is 0 Å². The summed E-state index contributed by atoms with van der Waals surface area (Å²) in [5.74, 6) is 0. The van der Waals surface area contributed by atoms with Crippen molar-refractivity contribution in [2.24, 2.45) is 0 Å². The summed E-state index contributed by atoms with van der Waals surface area (Å²) in [5, 5.41) is 21.1. The number of benzene rings is 13. The van der Waals surface area contributed by atoms with Gasteiger partial charge in [-0.05, 0) is 131 Å². The second-order valence-corrected chi connectivity index (χ2v) is 15.9. The standard InChI is InChI=1S/C58H34/c1-3-11-35(12-4-1)39-27-31-51-49-21-9-17-45-41(29-33-53(57(45)49)47-19-7-15-43(39)55(47)51)37-23-25-38(26-24-37)42-30-34-54-48-20-8-16-44-40(36-13-5-2-6-14-36)28-32-52(56(44)48)50-22-10-18-46(42)58(50)54/h1-34H. The summed E-state index contributed by atoms with van der Waals surface area (Å²) in [4.78, 5) is 0. The van der Waals surface area contributed by atoms with Gasteiger partial charge < -0.3 is 0 Å². The van der Waals surface area contributed by atoms with Gasteiger partial charge >= 0.3 is 0 Å². The average Bonchev–Trinajstić information content (AvgIpc) is 3.30. The maximum Gasteiger partial charge on any atom is -0.00201 e. The van der Waals surface area contributed by atoms with Gasteiger partial charge in [-0.25, -0.2) is 0 Å². The molecule has 0 atom stereocenters. The maximum atomic E-state index is 2.36. The molecule has 0 nitrogen and oxygen atoms in total. The Bertz CT molecular complexity index is 3450. The first-order valence-corrected chi connectivity index (χ1v) is 20.3. The number of rotatable bonds is 4. The molecule has 266 valence electrons. The van der Waals surface area contributed by atoms with Gasteiger partial charge in [0, 0.05) is 0 Å². The van der Waals surface area contributed by atoms with Crippen LogP contribution in [0.2, 0.25) is 0 Å². The van der Waals surface area contributed by atoms with Gasteiger partial charge in [0.15, 0.2) is 0 Å². The smallest absolute Gasteiger partial charge is 0.00201 e. The molecule has 0 aliphatic heterocycles. The zero-order chi connectivity index (χ0) is 37.9. The van der Waals surface area contributed by atoms with Crippen LogP contribution in [-0.2, 0) is 0 Å². The first-order valence-electron chi connectivity index (χ1n) is 20.3. The Morgan fingerprint density at radius 2 is 0.362 bits per heavy atom. The Labute approximate surface area is 335 Å². The molecule has 0 saturated carbocycles. The van der Waals surface area contributed by atoms with Crippen LogP contribution in [0.15, 0.2) is 206 Å². The van der Waals surface area contributed by atoms with Crippen molar-refractivity contribution in [2.45, 2.75) is 0 Å². The molecule has 0 aromatic heterocycles. The molecule has 0 unspecified atom stereocenters. The molecule has 0 radical (unpaired) electrons. The molecule has 0 bridgehead atoms. The van der Waals surface area contributed by atoms with Crippen LogP contribution < -0.4 is 0 Å². The topological polar surface area (TPSA) is 0 Å². The first kappa shape index (κ1) is 31.6. The SMILES string of the molecule is c1ccc(-c2ccc3c4cccc5c(-c6ccc(-c7ccc8c9cccc%10c(-c%11ccccc%11)ccc(c%11cccc7c%118)c%109)cc6)ccc(c6cccc2c63)c54)cc1. The number of hydrogen-bond donors (Lipinski definition) is 0. The van der Waals surface area contributed by atoms with E-state index in [2.05, 4.69) is 206 Å². The van der Waals surface area contributed by atoms with Gasteiger partial charge in [-0.3, -0.25) is 0 Å². The molecule has 0 N–H and O–H groups in total. The molecule has 0 heterocycles. The Balaban J connectivity index is 0.957. The van der Waals surface area contributed by atoms with E-state index in [1.165, 1.54) is 131 Å². The van der Waals surface area contributed by atoms with Crippen LogP contribution in [0, 0.1) is 0 Å². The fourth-order valence-electron chi connectivity index (χ4n) is 10.5. The summed E-state index contributed by atoms with van der Waals surface area (Å²) in [6, 6.07) is 76.9. The largest absolute Gasteiger partial charge is 0.0622 e. The third kappa shape index (κ3) is 4.35. The average molecular weight is 731 g/mol. The van der Waals surface area contributed by atoms with Crippen molar-refractivity contribution in [1.82, 2.24) is 0 Å². The number of fused-ring (bicyclic) bond motifs is 4. The number of hydrogen-bond acceptors (Lipinski definition) is 0. The predicted molar refractivity (Wildman–Crippen MR) is 251 cm³/mol. The van der Waals surface area contributed by atoms with E-state index >= 15 is 0 Å². The van der Waals surface area contributed by atoms with Gasteiger partial charge in [-0.2, -0.15) is 0 Å². The van der Waals surface area contributed by atoms with E-state index in [0.717, 1.165) is 0 Å². The molecule has 0 amide bonds. The molecule has 0 spiro atoms. The molecule has 0 aliphatic carbocycles. The Kier molecular flexibility index (Phi) is 6.54. The van der Waals surface area contributed by atoms with E-state index in [0.29, 0.717) is 0 Å². The zero-order valence-corrected chi connectivity index (χ0v) is 31.6.